The normalized spacial score (nSPS) is 12.1. The fourth-order valence-corrected chi connectivity index (χ4v) is 3.81. The average molecular weight is 406 g/mol. The van der Waals surface area contributed by atoms with Gasteiger partial charge in [0.15, 0.2) is 6.61 Å². The molecule has 3 aromatic rings. The Kier molecular flexibility index (Phi) is 5.82. The summed E-state index contributed by atoms with van der Waals surface area (Å²) in [5.41, 5.74) is 1.62. The molecule has 1 unspecified atom stereocenters. The molecule has 27 heavy (non-hydrogen) atoms. The van der Waals surface area contributed by atoms with E-state index >= 15 is 0 Å². The Morgan fingerprint density at radius 3 is 2.85 bits per heavy atom. The smallest absolute Gasteiger partial charge is 0.348 e. The average Bonchev–Trinajstić information content (AvgIpc) is 3.20. The number of fused-ring (bicyclic) bond motifs is 1. The number of hydrogen-bond acceptors (Lipinski definition) is 5. The van der Waals surface area contributed by atoms with Gasteiger partial charge in [0.25, 0.3) is 5.91 Å². The number of halogens is 1. The minimum atomic E-state index is -0.521. The van der Waals surface area contributed by atoms with Crippen molar-refractivity contribution < 1.29 is 14.3 Å². The molecule has 0 aliphatic heterocycles. The largest absolute Gasteiger partial charge is 0.451 e. The number of carbonyl (C=O) groups excluding carboxylic acids is 2. The number of aryl methyl sites for hydroxylation is 1. The third kappa shape index (κ3) is 4.31. The minimum Gasteiger partial charge on any atom is -0.451 e. The predicted octanol–water partition coefficient (Wildman–Crippen LogP) is 4.12. The quantitative estimate of drug-likeness (QED) is 0.626. The van der Waals surface area contributed by atoms with Crippen LogP contribution in [-0.4, -0.2) is 34.3 Å². The van der Waals surface area contributed by atoms with Crippen LogP contribution < -0.4 is 5.32 Å². The van der Waals surface area contributed by atoms with Gasteiger partial charge < -0.3 is 10.1 Å². The standard InChI is InChI=1S/C19H20ClN3O3S/c1-4-11(2)21-17(24)10-26-19(25)16-9-15-12(3)22-23(18(15)27-16)14-7-5-6-13(20)8-14/h5-9,11H,4,10H2,1-3H3,(H,21,24). The van der Waals surface area contributed by atoms with Crippen LogP contribution in [0.2, 0.25) is 5.02 Å². The molecule has 1 aromatic carbocycles. The second-order valence-corrected chi connectivity index (χ2v) is 7.73. The van der Waals surface area contributed by atoms with Crippen molar-refractivity contribution in [3.63, 3.8) is 0 Å². The van der Waals surface area contributed by atoms with Gasteiger partial charge in [0, 0.05) is 16.5 Å². The Balaban J connectivity index is 1.79. The summed E-state index contributed by atoms with van der Waals surface area (Å²) in [6.07, 6.45) is 0.815. The van der Waals surface area contributed by atoms with Crippen molar-refractivity contribution in [3.05, 3.63) is 45.9 Å². The highest BCUT2D eigenvalue weighted by Gasteiger charge is 2.19. The maximum atomic E-state index is 12.3. The third-order valence-corrected chi connectivity index (χ3v) is 5.48. The number of aromatic nitrogens is 2. The summed E-state index contributed by atoms with van der Waals surface area (Å²) in [6.45, 7) is 5.46. The molecule has 8 heteroatoms. The van der Waals surface area contributed by atoms with Crippen molar-refractivity contribution in [3.8, 4) is 5.69 Å². The maximum absolute atomic E-state index is 12.3. The maximum Gasteiger partial charge on any atom is 0.348 e. The number of rotatable bonds is 6. The van der Waals surface area contributed by atoms with E-state index in [4.69, 9.17) is 16.3 Å². The molecule has 3 rings (SSSR count). The van der Waals surface area contributed by atoms with Crippen molar-refractivity contribution in [1.82, 2.24) is 15.1 Å². The second kappa shape index (κ2) is 8.10. The molecule has 0 spiro atoms. The van der Waals surface area contributed by atoms with Crippen LogP contribution in [0.4, 0.5) is 0 Å². The van der Waals surface area contributed by atoms with Gasteiger partial charge in [0.2, 0.25) is 0 Å². The molecule has 1 amide bonds. The van der Waals surface area contributed by atoms with E-state index in [-0.39, 0.29) is 18.6 Å². The molecular formula is C19H20ClN3O3S. The van der Waals surface area contributed by atoms with E-state index in [0.29, 0.717) is 9.90 Å². The molecule has 6 nitrogen and oxygen atoms in total. The zero-order valence-corrected chi connectivity index (χ0v) is 16.9. The number of nitrogens with one attached hydrogen (secondary N) is 1. The number of nitrogens with zero attached hydrogens (tertiary/aromatic N) is 2. The lowest BCUT2D eigenvalue weighted by molar-refractivity contribution is -0.124. The lowest BCUT2D eigenvalue weighted by atomic mass is 10.2. The van der Waals surface area contributed by atoms with Crippen LogP contribution in [0.25, 0.3) is 15.9 Å². The monoisotopic (exact) mass is 405 g/mol. The second-order valence-electron chi connectivity index (χ2n) is 6.26. The molecule has 2 aromatic heterocycles. The summed E-state index contributed by atoms with van der Waals surface area (Å²) in [4.78, 5) is 25.4. The van der Waals surface area contributed by atoms with Gasteiger partial charge in [-0.25, -0.2) is 9.48 Å². The molecular weight excluding hydrogens is 386 g/mol. The Hall–Kier alpha value is -2.38. The van der Waals surface area contributed by atoms with Gasteiger partial charge in [0.1, 0.15) is 9.71 Å². The molecule has 0 bridgehead atoms. The van der Waals surface area contributed by atoms with Crippen LogP contribution in [0.15, 0.2) is 30.3 Å². The van der Waals surface area contributed by atoms with Gasteiger partial charge in [-0.3, -0.25) is 4.79 Å². The van der Waals surface area contributed by atoms with Gasteiger partial charge in [-0.15, -0.1) is 11.3 Å². The number of ether oxygens (including phenoxy) is 1. The zero-order valence-electron chi connectivity index (χ0n) is 15.3. The fourth-order valence-electron chi connectivity index (χ4n) is 2.55. The Morgan fingerprint density at radius 2 is 2.15 bits per heavy atom. The first-order chi connectivity index (χ1) is 12.9. The topological polar surface area (TPSA) is 73.2 Å². The fraction of sp³-hybridized carbons (Fsp3) is 0.316. The van der Waals surface area contributed by atoms with Gasteiger partial charge in [0.05, 0.1) is 11.4 Å². The molecule has 1 N–H and O–H groups in total. The summed E-state index contributed by atoms with van der Waals surface area (Å²) in [5, 5.41) is 8.77. The SMILES string of the molecule is CCC(C)NC(=O)COC(=O)c1cc2c(C)nn(-c3cccc(Cl)c3)c2s1. The molecule has 0 aliphatic rings. The van der Waals surface area contributed by atoms with Crippen molar-refractivity contribution in [2.75, 3.05) is 6.61 Å². The number of hydrogen-bond donors (Lipinski definition) is 1. The van der Waals surface area contributed by atoms with Crippen molar-refractivity contribution in [2.45, 2.75) is 33.2 Å². The van der Waals surface area contributed by atoms with E-state index in [1.165, 1.54) is 11.3 Å². The highest BCUT2D eigenvalue weighted by atomic mass is 35.5. The van der Waals surface area contributed by atoms with Crippen LogP contribution in [0.3, 0.4) is 0 Å². The zero-order chi connectivity index (χ0) is 19.6. The molecule has 142 valence electrons. The molecule has 1 atom stereocenters. The van der Waals surface area contributed by atoms with Crippen LogP contribution in [-0.2, 0) is 9.53 Å². The van der Waals surface area contributed by atoms with E-state index in [0.717, 1.165) is 28.0 Å². The first kappa shape index (κ1) is 19.4. The number of benzene rings is 1. The van der Waals surface area contributed by atoms with E-state index in [9.17, 15) is 9.59 Å². The van der Waals surface area contributed by atoms with E-state index in [1.54, 1.807) is 16.8 Å². The summed E-state index contributed by atoms with van der Waals surface area (Å²) >= 11 is 7.35. The van der Waals surface area contributed by atoms with Crippen molar-refractivity contribution in [1.29, 1.82) is 0 Å². The van der Waals surface area contributed by atoms with Crippen LogP contribution >= 0.6 is 22.9 Å². The first-order valence-corrected chi connectivity index (χ1v) is 9.80. The van der Waals surface area contributed by atoms with Gasteiger partial charge >= 0.3 is 5.97 Å². The molecule has 0 saturated heterocycles. The third-order valence-electron chi connectivity index (χ3n) is 4.15. The van der Waals surface area contributed by atoms with Crippen molar-refractivity contribution in [2.24, 2.45) is 0 Å². The Morgan fingerprint density at radius 1 is 1.37 bits per heavy atom. The molecule has 0 saturated carbocycles. The van der Waals surface area contributed by atoms with Gasteiger partial charge in [-0.2, -0.15) is 5.10 Å². The van der Waals surface area contributed by atoms with E-state index < -0.39 is 5.97 Å². The lowest BCUT2D eigenvalue weighted by Gasteiger charge is -2.11. The number of amides is 1. The highest BCUT2D eigenvalue weighted by Crippen LogP contribution is 2.31. The van der Waals surface area contributed by atoms with Crippen LogP contribution in [0.1, 0.15) is 35.6 Å². The molecule has 0 fully saturated rings. The number of thiophene rings is 1. The predicted molar refractivity (Wildman–Crippen MR) is 107 cm³/mol. The van der Waals surface area contributed by atoms with Crippen LogP contribution in [0.5, 0.6) is 0 Å². The molecule has 0 aliphatic carbocycles. The van der Waals surface area contributed by atoms with E-state index in [1.807, 2.05) is 39.0 Å². The Bertz CT molecular complexity index is 995. The summed E-state index contributed by atoms with van der Waals surface area (Å²) in [6, 6.07) is 9.14. The van der Waals surface area contributed by atoms with Gasteiger partial charge in [-0.05, 0) is 44.5 Å². The summed E-state index contributed by atoms with van der Waals surface area (Å²) < 4.78 is 6.90. The Labute approximate surface area is 166 Å². The molecule has 2 heterocycles. The van der Waals surface area contributed by atoms with Crippen molar-refractivity contribution >= 4 is 45.0 Å². The first-order valence-electron chi connectivity index (χ1n) is 8.60. The minimum absolute atomic E-state index is 0.0480. The number of esters is 1. The van der Waals surface area contributed by atoms with Crippen LogP contribution in [0, 0.1) is 6.92 Å². The number of carbonyl (C=O) groups is 2. The van der Waals surface area contributed by atoms with Gasteiger partial charge in [-0.1, -0.05) is 24.6 Å². The highest BCUT2D eigenvalue weighted by molar-refractivity contribution is 7.20. The summed E-state index contributed by atoms with van der Waals surface area (Å²) in [7, 11) is 0. The lowest BCUT2D eigenvalue weighted by Crippen LogP contribution is -2.35. The molecule has 0 radical (unpaired) electrons. The van der Waals surface area contributed by atoms with E-state index in [2.05, 4.69) is 10.4 Å². The summed E-state index contributed by atoms with van der Waals surface area (Å²) in [5.74, 6) is -0.826.